The normalized spacial score (nSPS) is 11.8. The van der Waals surface area contributed by atoms with Crippen LogP contribution in [-0.4, -0.2) is 24.2 Å². The van der Waals surface area contributed by atoms with Crippen molar-refractivity contribution >= 4 is 23.2 Å². The second-order valence-corrected chi connectivity index (χ2v) is 6.25. The van der Waals surface area contributed by atoms with E-state index >= 15 is 0 Å². The number of esters is 1. The molecule has 0 aliphatic carbocycles. The third-order valence-corrected chi connectivity index (χ3v) is 4.35. The highest BCUT2D eigenvalue weighted by Gasteiger charge is 2.25. The van der Waals surface area contributed by atoms with E-state index in [4.69, 9.17) is 21.7 Å². The van der Waals surface area contributed by atoms with E-state index in [9.17, 15) is 4.79 Å². The van der Waals surface area contributed by atoms with Crippen LogP contribution in [0.25, 0.3) is 0 Å². The highest BCUT2D eigenvalue weighted by molar-refractivity contribution is 7.80. The number of hydrogen-bond donors (Lipinski definition) is 0. The molecule has 1 aromatic rings. The van der Waals surface area contributed by atoms with Crippen LogP contribution in [-0.2, 0) is 20.7 Å². The zero-order valence-electron chi connectivity index (χ0n) is 15.0. The van der Waals surface area contributed by atoms with Crippen LogP contribution in [0.5, 0.6) is 0 Å². The molecular weight excluding hydrogens is 320 g/mol. The molecule has 0 bridgehead atoms. The predicted octanol–water partition coefficient (Wildman–Crippen LogP) is 5.11. The molecule has 0 aliphatic heterocycles. The van der Waals surface area contributed by atoms with Gasteiger partial charge in [0.25, 0.3) is 0 Å². The molecule has 0 saturated heterocycles. The summed E-state index contributed by atoms with van der Waals surface area (Å²) in [6, 6.07) is 10.6. The molecule has 134 valence electrons. The predicted molar refractivity (Wildman–Crippen MR) is 102 cm³/mol. The van der Waals surface area contributed by atoms with Crippen LogP contribution in [0, 0.1) is 5.92 Å². The van der Waals surface area contributed by atoms with Crippen molar-refractivity contribution in [3.8, 4) is 0 Å². The summed E-state index contributed by atoms with van der Waals surface area (Å²) in [6.45, 7) is 4.56. The van der Waals surface area contributed by atoms with Gasteiger partial charge in [-0.25, -0.2) is 0 Å². The lowest BCUT2D eigenvalue weighted by atomic mass is 10.00. The summed E-state index contributed by atoms with van der Waals surface area (Å²) in [5.41, 5.74) is 1.40. The molecule has 0 spiro atoms. The van der Waals surface area contributed by atoms with Gasteiger partial charge < -0.3 is 9.47 Å². The Kier molecular flexibility index (Phi) is 11.1. The maximum Gasteiger partial charge on any atom is 0.317 e. The monoisotopic (exact) mass is 350 g/mol. The molecule has 0 radical (unpaired) electrons. The van der Waals surface area contributed by atoms with Gasteiger partial charge in [-0.3, -0.25) is 4.79 Å². The Labute approximate surface area is 151 Å². The van der Waals surface area contributed by atoms with Crippen molar-refractivity contribution in [3.05, 3.63) is 35.9 Å². The van der Waals surface area contributed by atoms with Crippen LogP contribution < -0.4 is 0 Å². The number of hydrogen-bond acceptors (Lipinski definition) is 4. The number of unbranched alkanes of at least 4 members (excludes halogenated alkanes) is 4. The van der Waals surface area contributed by atoms with E-state index in [2.05, 4.69) is 30.3 Å². The molecule has 4 heteroatoms. The molecule has 0 aromatic heterocycles. The molecule has 0 saturated carbocycles. The number of carbonyl (C=O) groups excluding carboxylic acids is 1. The van der Waals surface area contributed by atoms with E-state index in [1.165, 1.54) is 24.8 Å². The minimum atomic E-state index is -0.399. The summed E-state index contributed by atoms with van der Waals surface area (Å²) < 4.78 is 10.5. The van der Waals surface area contributed by atoms with Gasteiger partial charge in [0.05, 0.1) is 13.2 Å². The van der Waals surface area contributed by atoms with Gasteiger partial charge in [0.15, 0.2) is 5.05 Å². The number of carbonyl (C=O) groups is 1. The first-order valence-electron chi connectivity index (χ1n) is 9.06. The number of aryl methyl sites for hydroxylation is 1. The molecule has 1 unspecified atom stereocenters. The highest BCUT2D eigenvalue weighted by atomic mass is 32.1. The van der Waals surface area contributed by atoms with Gasteiger partial charge in [-0.2, -0.15) is 0 Å². The standard InChI is InChI=1S/C20H30O3S/c1-3-22-19(21)18(20(24)23-4-2)16-12-7-5-6-9-13-17-14-10-8-11-15-17/h8,10-11,14-15,18H,3-7,9,12-13,16H2,1-2H3. The Bertz CT molecular complexity index is 455. The molecule has 0 aliphatic rings. The van der Waals surface area contributed by atoms with Crippen LogP contribution in [0.2, 0.25) is 0 Å². The third kappa shape index (κ3) is 8.44. The number of benzene rings is 1. The van der Waals surface area contributed by atoms with Gasteiger partial charge in [-0.05, 0) is 50.9 Å². The average molecular weight is 351 g/mol. The van der Waals surface area contributed by atoms with Crippen molar-refractivity contribution in [1.29, 1.82) is 0 Å². The average Bonchev–Trinajstić information content (AvgIpc) is 2.58. The Morgan fingerprint density at radius 1 is 0.958 bits per heavy atom. The highest BCUT2D eigenvalue weighted by Crippen LogP contribution is 2.17. The lowest BCUT2D eigenvalue weighted by Crippen LogP contribution is -2.26. The van der Waals surface area contributed by atoms with E-state index in [1.54, 1.807) is 0 Å². The third-order valence-electron chi connectivity index (χ3n) is 3.94. The Morgan fingerprint density at radius 3 is 2.25 bits per heavy atom. The van der Waals surface area contributed by atoms with Crippen molar-refractivity contribution in [1.82, 2.24) is 0 Å². The molecule has 3 nitrogen and oxygen atoms in total. The molecule has 0 N–H and O–H groups in total. The lowest BCUT2D eigenvalue weighted by molar-refractivity contribution is -0.146. The van der Waals surface area contributed by atoms with E-state index in [0.29, 0.717) is 18.3 Å². The maximum absolute atomic E-state index is 12.0. The van der Waals surface area contributed by atoms with E-state index < -0.39 is 5.92 Å². The van der Waals surface area contributed by atoms with Gasteiger partial charge in [0.2, 0.25) is 0 Å². The smallest absolute Gasteiger partial charge is 0.317 e. The van der Waals surface area contributed by atoms with Gasteiger partial charge in [0, 0.05) is 0 Å². The van der Waals surface area contributed by atoms with E-state index in [-0.39, 0.29) is 5.97 Å². The number of thiocarbonyl (C=S) groups is 1. The quantitative estimate of drug-likeness (QED) is 0.298. The first-order valence-corrected chi connectivity index (χ1v) is 9.47. The topological polar surface area (TPSA) is 35.5 Å². The van der Waals surface area contributed by atoms with Crippen LogP contribution >= 0.6 is 12.2 Å². The summed E-state index contributed by atoms with van der Waals surface area (Å²) in [6.07, 6.45) is 7.56. The molecule has 0 amide bonds. The molecule has 1 rings (SSSR count). The van der Waals surface area contributed by atoms with Crippen LogP contribution in [0.15, 0.2) is 30.3 Å². The zero-order valence-corrected chi connectivity index (χ0v) is 15.8. The zero-order chi connectivity index (χ0) is 17.6. The summed E-state index contributed by atoms with van der Waals surface area (Å²) in [4.78, 5) is 12.0. The lowest BCUT2D eigenvalue weighted by Gasteiger charge is -2.16. The Balaban J connectivity index is 2.19. The fourth-order valence-corrected chi connectivity index (χ4v) is 3.00. The van der Waals surface area contributed by atoms with Crippen molar-refractivity contribution in [2.24, 2.45) is 5.92 Å². The fraction of sp³-hybridized carbons (Fsp3) is 0.600. The summed E-state index contributed by atoms with van der Waals surface area (Å²) in [5, 5.41) is 0.375. The van der Waals surface area contributed by atoms with Gasteiger partial charge in [-0.1, -0.05) is 56.0 Å². The van der Waals surface area contributed by atoms with Gasteiger partial charge in [0.1, 0.15) is 5.92 Å². The summed E-state index contributed by atoms with van der Waals surface area (Å²) >= 11 is 5.22. The summed E-state index contributed by atoms with van der Waals surface area (Å²) in [5.74, 6) is -0.649. The van der Waals surface area contributed by atoms with Gasteiger partial charge in [-0.15, -0.1) is 0 Å². The Morgan fingerprint density at radius 2 is 1.58 bits per heavy atom. The van der Waals surface area contributed by atoms with Crippen LogP contribution in [0.1, 0.15) is 57.9 Å². The molecule has 0 fully saturated rings. The van der Waals surface area contributed by atoms with Crippen molar-refractivity contribution in [3.63, 3.8) is 0 Å². The molecule has 0 heterocycles. The van der Waals surface area contributed by atoms with Crippen LogP contribution in [0.4, 0.5) is 0 Å². The first kappa shape index (κ1) is 20.6. The van der Waals surface area contributed by atoms with Crippen molar-refractivity contribution in [2.45, 2.75) is 58.8 Å². The van der Waals surface area contributed by atoms with Gasteiger partial charge >= 0.3 is 5.97 Å². The van der Waals surface area contributed by atoms with E-state index in [1.807, 2.05) is 13.8 Å². The van der Waals surface area contributed by atoms with Crippen molar-refractivity contribution in [2.75, 3.05) is 13.2 Å². The summed E-state index contributed by atoms with van der Waals surface area (Å²) in [7, 11) is 0. The maximum atomic E-state index is 12.0. The number of rotatable bonds is 12. The van der Waals surface area contributed by atoms with Crippen molar-refractivity contribution < 1.29 is 14.3 Å². The number of ether oxygens (including phenoxy) is 2. The fourth-order valence-electron chi connectivity index (χ4n) is 2.67. The molecular formula is C20H30O3S. The minimum absolute atomic E-state index is 0.250. The molecule has 24 heavy (non-hydrogen) atoms. The minimum Gasteiger partial charge on any atom is -0.486 e. The largest absolute Gasteiger partial charge is 0.486 e. The Hall–Kier alpha value is -1.42. The molecule has 1 atom stereocenters. The van der Waals surface area contributed by atoms with E-state index in [0.717, 1.165) is 25.7 Å². The second kappa shape index (κ2) is 12.9. The van der Waals surface area contributed by atoms with Crippen LogP contribution in [0.3, 0.4) is 0 Å². The second-order valence-electron chi connectivity index (χ2n) is 5.85. The SMILES string of the molecule is CCOC(=O)C(CCCCCCCc1ccccc1)C(=S)OCC. The first-order chi connectivity index (χ1) is 11.7. The molecule has 1 aromatic carbocycles.